The van der Waals surface area contributed by atoms with Crippen LogP contribution in [0.1, 0.15) is 26.3 Å². The molecule has 4 aromatic rings. The third-order valence-corrected chi connectivity index (χ3v) is 4.59. The normalized spacial score (nSPS) is 10.6. The maximum Gasteiger partial charge on any atom is 0.343 e. The summed E-state index contributed by atoms with van der Waals surface area (Å²) in [7, 11) is 0. The van der Waals surface area contributed by atoms with Crippen LogP contribution in [-0.4, -0.2) is 11.9 Å². The second kappa shape index (κ2) is 10.00. The zero-order valence-corrected chi connectivity index (χ0v) is 17.1. The molecule has 5 heteroatoms. The van der Waals surface area contributed by atoms with Gasteiger partial charge in [-0.2, -0.15) is 4.57 Å². The highest BCUT2D eigenvalue weighted by Crippen LogP contribution is 2.33. The summed E-state index contributed by atoms with van der Waals surface area (Å²) >= 11 is 0. The molecular weight excluding hydrogens is 402 g/mol. The molecule has 0 bridgehead atoms. The number of hydrogen-bond acceptors (Lipinski definition) is 4. The zero-order valence-electron chi connectivity index (χ0n) is 17.1. The number of hydrogen-bond donors (Lipinski definition) is 0. The second-order valence-corrected chi connectivity index (χ2v) is 6.82. The molecule has 156 valence electrons. The molecule has 0 saturated heterocycles. The molecule has 4 rings (SSSR count). The van der Waals surface area contributed by atoms with Gasteiger partial charge in [-0.3, -0.25) is 0 Å². The smallest absolute Gasteiger partial charge is 0.343 e. The van der Waals surface area contributed by atoms with E-state index in [-0.39, 0.29) is 11.5 Å². The second-order valence-electron chi connectivity index (χ2n) is 6.82. The molecule has 1 aromatic heterocycles. The maximum atomic E-state index is 12.8. The molecule has 1 heterocycles. The first-order valence-electron chi connectivity index (χ1n) is 10.0. The van der Waals surface area contributed by atoms with Gasteiger partial charge in [0.2, 0.25) is 0 Å². The Balaban J connectivity index is 1.69. The Hall–Kier alpha value is -4.51. The summed E-state index contributed by atoms with van der Waals surface area (Å²) in [4.78, 5) is 25.4. The summed E-state index contributed by atoms with van der Waals surface area (Å²) in [6, 6.07) is 28.1. The molecule has 0 aliphatic heterocycles. The number of benzene rings is 3. The fourth-order valence-corrected chi connectivity index (χ4v) is 2.99. The molecule has 0 N–H and O–H groups in total. The van der Waals surface area contributed by atoms with Crippen molar-refractivity contribution in [3.63, 3.8) is 0 Å². The molecule has 0 fully saturated rings. The minimum Gasteiger partial charge on any atom is -0.419 e. The summed E-state index contributed by atoms with van der Waals surface area (Å²) in [5.41, 5.74) is 1.38. The zero-order chi connectivity index (χ0) is 22.2. The summed E-state index contributed by atoms with van der Waals surface area (Å²) in [5, 5.41) is 0. The standard InChI is InChI=1S/C27H20NO4/c29-26(22-11-4-1-5-12-22)31-24-16-10-15-21(17-20-28-18-8-3-9-19-28)25(24)32-27(30)23-13-6-2-7-14-23/h1-20H/q+1/b20-17+. The third-order valence-electron chi connectivity index (χ3n) is 4.59. The minimum absolute atomic E-state index is 0.156. The Kier molecular flexibility index (Phi) is 6.48. The molecular formula is C27H20NO4+. The Bertz CT molecular complexity index is 1240. The Morgan fingerprint density at radius 2 is 1.19 bits per heavy atom. The van der Waals surface area contributed by atoms with Gasteiger partial charge in [-0.05, 0) is 30.3 Å². The number of aromatic nitrogens is 1. The Morgan fingerprint density at radius 3 is 1.81 bits per heavy atom. The number of carbonyl (C=O) groups excluding carboxylic acids is 2. The molecule has 0 aliphatic rings. The topological polar surface area (TPSA) is 56.5 Å². The van der Waals surface area contributed by atoms with Crippen molar-refractivity contribution < 1.29 is 23.6 Å². The van der Waals surface area contributed by atoms with E-state index in [0.717, 1.165) is 0 Å². The van der Waals surface area contributed by atoms with Crippen LogP contribution in [0.4, 0.5) is 0 Å². The number of rotatable bonds is 6. The van der Waals surface area contributed by atoms with Gasteiger partial charge in [-0.15, -0.1) is 0 Å². The van der Waals surface area contributed by atoms with E-state index in [2.05, 4.69) is 0 Å². The lowest BCUT2D eigenvalue weighted by molar-refractivity contribution is -0.567. The van der Waals surface area contributed by atoms with Crippen LogP contribution in [0.2, 0.25) is 0 Å². The lowest BCUT2D eigenvalue weighted by atomic mass is 10.1. The summed E-state index contributed by atoms with van der Waals surface area (Å²) < 4.78 is 13.2. The molecule has 0 aliphatic carbocycles. The van der Waals surface area contributed by atoms with Gasteiger partial charge in [0.05, 0.1) is 11.1 Å². The number of nitrogens with zero attached hydrogens (tertiary/aromatic N) is 1. The van der Waals surface area contributed by atoms with Gasteiger partial charge < -0.3 is 9.47 Å². The van der Waals surface area contributed by atoms with Gasteiger partial charge >= 0.3 is 11.9 Å². The number of para-hydroxylation sites is 1. The average Bonchev–Trinajstić information content (AvgIpc) is 2.85. The van der Waals surface area contributed by atoms with E-state index in [9.17, 15) is 9.59 Å². The van der Waals surface area contributed by atoms with Gasteiger partial charge in [0, 0.05) is 23.8 Å². The third kappa shape index (κ3) is 5.15. The largest absolute Gasteiger partial charge is 0.419 e. The first kappa shape index (κ1) is 20.8. The van der Waals surface area contributed by atoms with Crippen molar-refractivity contribution in [3.05, 3.63) is 126 Å². The highest BCUT2D eigenvalue weighted by molar-refractivity contribution is 5.94. The van der Waals surface area contributed by atoms with Crippen LogP contribution in [0, 0.1) is 0 Å². The number of pyridine rings is 1. The molecule has 0 unspecified atom stereocenters. The first-order chi connectivity index (χ1) is 15.7. The highest BCUT2D eigenvalue weighted by Gasteiger charge is 2.19. The van der Waals surface area contributed by atoms with Crippen molar-refractivity contribution >= 4 is 24.2 Å². The quantitative estimate of drug-likeness (QED) is 0.248. The minimum atomic E-state index is -0.546. The lowest BCUT2D eigenvalue weighted by Gasteiger charge is -2.13. The van der Waals surface area contributed by atoms with Gasteiger partial charge in [0.1, 0.15) is 0 Å². The van der Waals surface area contributed by atoms with Crippen molar-refractivity contribution in [2.45, 2.75) is 0 Å². The van der Waals surface area contributed by atoms with Crippen molar-refractivity contribution in [1.29, 1.82) is 0 Å². The molecule has 0 amide bonds. The van der Waals surface area contributed by atoms with Crippen molar-refractivity contribution in [1.82, 2.24) is 0 Å². The molecule has 5 nitrogen and oxygen atoms in total. The molecule has 0 saturated carbocycles. The molecule has 0 radical (unpaired) electrons. The van der Waals surface area contributed by atoms with E-state index in [1.165, 1.54) is 0 Å². The predicted molar refractivity (Wildman–Crippen MR) is 121 cm³/mol. The van der Waals surface area contributed by atoms with E-state index < -0.39 is 11.9 Å². The van der Waals surface area contributed by atoms with E-state index in [0.29, 0.717) is 16.7 Å². The van der Waals surface area contributed by atoms with Gasteiger partial charge in [0.25, 0.3) is 0 Å². The van der Waals surface area contributed by atoms with Crippen LogP contribution >= 0.6 is 0 Å². The van der Waals surface area contributed by atoms with Gasteiger partial charge in [-0.25, -0.2) is 9.59 Å². The van der Waals surface area contributed by atoms with Crippen molar-refractivity contribution in [3.8, 4) is 11.5 Å². The number of esters is 2. The predicted octanol–water partition coefficient (Wildman–Crippen LogP) is 5.04. The van der Waals surface area contributed by atoms with E-state index in [1.54, 1.807) is 72.8 Å². The summed E-state index contributed by atoms with van der Waals surface area (Å²) in [6.45, 7) is 0. The van der Waals surface area contributed by atoms with Crippen LogP contribution in [0.15, 0.2) is 109 Å². The Morgan fingerprint density at radius 1 is 0.625 bits per heavy atom. The van der Waals surface area contributed by atoms with E-state index >= 15 is 0 Å². The number of ether oxygens (including phenoxy) is 2. The average molecular weight is 422 g/mol. The Labute approximate surface area is 185 Å². The first-order valence-corrected chi connectivity index (χ1v) is 10.0. The summed E-state index contributed by atoms with van der Waals surface area (Å²) in [5.74, 6) is -0.765. The van der Waals surface area contributed by atoms with Crippen LogP contribution in [0.25, 0.3) is 12.3 Å². The van der Waals surface area contributed by atoms with Gasteiger partial charge in [-0.1, -0.05) is 54.6 Å². The fourth-order valence-electron chi connectivity index (χ4n) is 2.99. The molecule has 32 heavy (non-hydrogen) atoms. The monoisotopic (exact) mass is 422 g/mol. The highest BCUT2D eigenvalue weighted by atomic mass is 16.6. The van der Waals surface area contributed by atoms with Crippen LogP contribution in [-0.2, 0) is 0 Å². The maximum absolute atomic E-state index is 12.8. The lowest BCUT2D eigenvalue weighted by Crippen LogP contribution is -2.23. The van der Waals surface area contributed by atoms with Crippen molar-refractivity contribution in [2.75, 3.05) is 0 Å². The van der Waals surface area contributed by atoms with Crippen molar-refractivity contribution in [2.24, 2.45) is 0 Å². The SMILES string of the molecule is O=C(Oc1cccc(/C=C/[n+]2ccccc2)c1OC(=O)c1ccccc1)c1ccccc1. The summed E-state index contributed by atoms with van der Waals surface area (Å²) in [6.07, 6.45) is 7.36. The van der Waals surface area contributed by atoms with E-state index in [4.69, 9.17) is 9.47 Å². The molecule has 0 spiro atoms. The fraction of sp³-hybridized carbons (Fsp3) is 0. The number of carbonyl (C=O) groups is 2. The molecule has 0 atom stereocenters. The van der Waals surface area contributed by atoms with Crippen LogP contribution in [0.5, 0.6) is 11.5 Å². The van der Waals surface area contributed by atoms with Crippen LogP contribution < -0.4 is 14.0 Å². The van der Waals surface area contributed by atoms with Gasteiger partial charge in [0.15, 0.2) is 30.1 Å². The van der Waals surface area contributed by atoms with Crippen LogP contribution in [0.3, 0.4) is 0 Å². The molecule has 3 aromatic carbocycles. The van der Waals surface area contributed by atoms with E-state index in [1.807, 2.05) is 53.5 Å².